The van der Waals surface area contributed by atoms with Crippen LogP contribution in [0.4, 0.5) is 9.18 Å². The molecule has 0 atom stereocenters. The molecule has 1 aromatic carbocycles. The van der Waals surface area contributed by atoms with Crippen molar-refractivity contribution in [2.75, 3.05) is 19.6 Å². The van der Waals surface area contributed by atoms with Crippen molar-refractivity contribution in [2.24, 2.45) is 0 Å². The summed E-state index contributed by atoms with van der Waals surface area (Å²) in [7, 11) is 0. The first-order chi connectivity index (χ1) is 12.7. The van der Waals surface area contributed by atoms with Gasteiger partial charge in [-0.2, -0.15) is 5.10 Å². The number of rotatable bonds is 6. The van der Waals surface area contributed by atoms with Crippen LogP contribution >= 0.6 is 0 Å². The van der Waals surface area contributed by atoms with E-state index >= 15 is 0 Å². The Morgan fingerprint density at radius 2 is 2.04 bits per heavy atom. The minimum Gasteiger partial charge on any atom is -0.444 e. The van der Waals surface area contributed by atoms with Crippen LogP contribution in [0.15, 0.2) is 36.5 Å². The molecule has 2 amide bonds. The van der Waals surface area contributed by atoms with Gasteiger partial charge in [0.05, 0.1) is 5.69 Å². The van der Waals surface area contributed by atoms with Gasteiger partial charge in [0, 0.05) is 25.8 Å². The summed E-state index contributed by atoms with van der Waals surface area (Å²) < 4.78 is 20.0. The molecule has 1 heterocycles. The Bertz CT molecular complexity index is 798. The molecule has 0 saturated carbocycles. The van der Waals surface area contributed by atoms with Crippen LogP contribution in [-0.2, 0) is 4.74 Å². The third kappa shape index (κ3) is 6.09. The molecule has 0 bridgehead atoms. The van der Waals surface area contributed by atoms with E-state index in [1.807, 2.05) is 6.92 Å². The Morgan fingerprint density at radius 1 is 1.30 bits per heavy atom. The van der Waals surface area contributed by atoms with E-state index in [1.165, 1.54) is 21.7 Å². The summed E-state index contributed by atoms with van der Waals surface area (Å²) in [6, 6.07) is 7.48. The van der Waals surface area contributed by atoms with E-state index in [1.54, 1.807) is 45.2 Å². The smallest absolute Gasteiger partial charge is 0.410 e. The Balaban J connectivity index is 1.89. The zero-order valence-electron chi connectivity index (χ0n) is 16.0. The van der Waals surface area contributed by atoms with E-state index in [0.717, 1.165) is 0 Å². The summed E-state index contributed by atoms with van der Waals surface area (Å²) in [6.45, 7) is 8.30. The quantitative estimate of drug-likeness (QED) is 0.841. The Morgan fingerprint density at radius 3 is 2.67 bits per heavy atom. The number of benzene rings is 1. The first-order valence-electron chi connectivity index (χ1n) is 8.77. The number of aromatic nitrogens is 2. The lowest BCUT2D eigenvalue weighted by atomic mass is 10.2. The fraction of sp³-hybridized carbons (Fsp3) is 0.421. The van der Waals surface area contributed by atoms with Crippen molar-refractivity contribution in [2.45, 2.75) is 33.3 Å². The van der Waals surface area contributed by atoms with Crippen molar-refractivity contribution in [3.8, 4) is 5.69 Å². The van der Waals surface area contributed by atoms with Gasteiger partial charge in [-0.3, -0.25) is 4.79 Å². The normalized spacial score (nSPS) is 11.1. The van der Waals surface area contributed by atoms with Crippen molar-refractivity contribution >= 4 is 12.0 Å². The highest BCUT2D eigenvalue weighted by molar-refractivity contribution is 5.92. The van der Waals surface area contributed by atoms with Crippen LogP contribution < -0.4 is 5.32 Å². The first-order valence-corrected chi connectivity index (χ1v) is 8.77. The minimum absolute atomic E-state index is 0.208. The van der Waals surface area contributed by atoms with Crippen molar-refractivity contribution in [1.29, 1.82) is 0 Å². The molecule has 0 fully saturated rings. The number of hydrogen-bond acceptors (Lipinski definition) is 4. The maximum absolute atomic E-state index is 13.3. The molecule has 1 N–H and O–H groups in total. The molecule has 146 valence electrons. The molecule has 8 heteroatoms. The first kappa shape index (κ1) is 20.4. The average molecular weight is 376 g/mol. The highest BCUT2D eigenvalue weighted by Crippen LogP contribution is 2.10. The zero-order chi connectivity index (χ0) is 20.0. The van der Waals surface area contributed by atoms with Crippen molar-refractivity contribution in [3.63, 3.8) is 0 Å². The lowest BCUT2D eigenvalue weighted by molar-refractivity contribution is 0.0260. The summed E-state index contributed by atoms with van der Waals surface area (Å²) >= 11 is 0. The molecule has 0 saturated heterocycles. The molecule has 0 unspecified atom stereocenters. The Kier molecular flexibility index (Phi) is 6.55. The second-order valence-corrected chi connectivity index (χ2v) is 6.94. The summed E-state index contributed by atoms with van der Waals surface area (Å²) in [5.41, 5.74) is 0.160. The average Bonchev–Trinajstić information content (AvgIpc) is 3.07. The van der Waals surface area contributed by atoms with Crippen LogP contribution in [0.5, 0.6) is 0 Å². The molecule has 2 rings (SSSR count). The molecular weight excluding hydrogens is 351 g/mol. The molecular formula is C19H25FN4O3. The number of carbonyl (C=O) groups excluding carboxylic acids is 2. The van der Waals surface area contributed by atoms with Gasteiger partial charge in [0.1, 0.15) is 11.4 Å². The van der Waals surface area contributed by atoms with Crippen molar-refractivity contribution in [3.05, 3.63) is 48.0 Å². The minimum atomic E-state index is -0.572. The number of nitrogens with zero attached hydrogens (tertiary/aromatic N) is 3. The van der Waals surface area contributed by atoms with Gasteiger partial charge in [0.25, 0.3) is 5.91 Å². The number of ether oxygens (including phenoxy) is 1. The third-order valence-corrected chi connectivity index (χ3v) is 3.60. The molecule has 0 spiro atoms. The third-order valence-electron chi connectivity index (χ3n) is 3.60. The molecule has 7 nitrogen and oxygen atoms in total. The predicted octanol–water partition coefficient (Wildman–Crippen LogP) is 3.00. The van der Waals surface area contributed by atoms with Crippen LogP contribution in [-0.4, -0.2) is 51.9 Å². The Labute approximate surface area is 158 Å². The van der Waals surface area contributed by atoms with Crippen molar-refractivity contribution in [1.82, 2.24) is 20.0 Å². The molecule has 0 aliphatic carbocycles. The van der Waals surface area contributed by atoms with E-state index < -0.39 is 11.7 Å². The second-order valence-electron chi connectivity index (χ2n) is 6.94. The summed E-state index contributed by atoms with van der Waals surface area (Å²) in [6.07, 6.45) is 1.16. The molecule has 1 aromatic heterocycles. The van der Waals surface area contributed by atoms with Gasteiger partial charge in [-0.05, 0) is 52.0 Å². The second kappa shape index (κ2) is 8.66. The van der Waals surface area contributed by atoms with E-state index in [-0.39, 0.29) is 24.0 Å². The standard InChI is InChI=1S/C19H25FN4O3/c1-5-23(18(26)27-19(2,3)4)12-10-21-17(25)16-9-11-24(22-16)15-8-6-7-14(20)13-15/h6-9,11,13H,5,10,12H2,1-4H3,(H,21,25). The topological polar surface area (TPSA) is 76.5 Å². The van der Waals surface area contributed by atoms with Crippen LogP contribution in [0.2, 0.25) is 0 Å². The van der Waals surface area contributed by atoms with Gasteiger partial charge in [-0.25, -0.2) is 13.9 Å². The van der Waals surface area contributed by atoms with Crippen LogP contribution in [0, 0.1) is 5.82 Å². The van der Waals surface area contributed by atoms with Gasteiger partial charge < -0.3 is 15.0 Å². The predicted molar refractivity (Wildman–Crippen MR) is 99.3 cm³/mol. The van der Waals surface area contributed by atoms with Crippen LogP contribution in [0.25, 0.3) is 5.69 Å². The molecule has 0 radical (unpaired) electrons. The van der Waals surface area contributed by atoms with E-state index in [2.05, 4.69) is 10.4 Å². The largest absolute Gasteiger partial charge is 0.444 e. The van der Waals surface area contributed by atoms with Gasteiger partial charge in [0.15, 0.2) is 5.69 Å². The van der Waals surface area contributed by atoms with Crippen LogP contribution in [0.3, 0.4) is 0 Å². The monoisotopic (exact) mass is 376 g/mol. The van der Waals surface area contributed by atoms with Gasteiger partial charge >= 0.3 is 6.09 Å². The fourth-order valence-corrected chi connectivity index (χ4v) is 2.31. The highest BCUT2D eigenvalue weighted by Gasteiger charge is 2.21. The maximum Gasteiger partial charge on any atom is 0.410 e. The number of halogens is 1. The Hall–Kier alpha value is -2.90. The number of amides is 2. The van der Waals surface area contributed by atoms with E-state index in [0.29, 0.717) is 18.8 Å². The number of likely N-dealkylation sites (N-methyl/N-ethyl adjacent to an activating group) is 1. The lowest BCUT2D eigenvalue weighted by Gasteiger charge is -2.26. The number of nitrogens with one attached hydrogen (secondary N) is 1. The summed E-state index contributed by atoms with van der Waals surface area (Å²) in [4.78, 5) is 25.8. The fourth-order valence-electron chi connectivity index (χ4n) is 2.31. The van der Waals surface area contributed by atoms with Gasteiger partial charge in [0.2, 0.25) is 0 Å². The number of carbonyl (C=O) groups is 2. The molecule has 27 heavy (non-hydrogen) atoms. The molecule has 0 aliphatic heterocycles. The van der Waals surface area contributed by atoms with Gasteiger partial charge in [-0.1, -0.05) is 6.07 Å². The zero-order valence-corrected chi connectivity index (χ0v) is 16.0. The summed E-state index contributed by atoms with van der Waals surface area (Å²) in [5, 5.41) is 6.88. The van der Waals surface area contributed by atoms with Gasteiger partial charge in [-0.15, -0.1) is 0 Å². The number of hydrogen-bond donors (Lipinski definition) is 1. The van der Waals surface area contributed by atoms with Crippen molar-refractivity contribution < 1.29 is 18.7 Å². The lowest BCUT2D eigenvalue weighted by Crippen LogP contribution is -2.41. The highest BCUT2D eigenvalue weighted by atomic mass is 19.1. The summed E-state index contributed by atoms with van der Waals surface area (Å²) in [5.74, 6) is -0.749. The van der Waals surface area contributed by atoms with Crippen LogP contribution in [0.1, 0.15) is 38.2 Å². The molecule has 2 aromatic rings. The maximum atomic E-state index is 13.3. The van der Waals surface area contributed by atoms with E-state index in [9.17, 15) is 14.0 Å². The van der Waals surface area contributed by atoms with E-state index in [4.69, 9.17) is 4.74 Å². The SMILES string of the molecule is CCN(CCNC(=O)c1ccn(-c2cccc(F)c2)n1)C(=O)OC(C)(C)C. The molecule has 0 aliphatic rings.